The van der Waals surface area contributed by atoms with Crippen molar-refractivity contribution in [2.45, 2.75) is 12.8 Å². The van der Waals surface area contributed by atoms with Crippen molar-refractivity contribution in [1.29, 1.82) is 0 Å². The first kappa shape index (κ1) is 11.9. The van der Waals surface area contributed by atoms with Crippen molar-refractivity contribution < 1.29 is 9.53 Å². The Morgan fingerprint density at radius 2 is 2.06 bits per heavy atom. The molecule has 1 aromatic carbocycles. The number of hydrogen-bond donors (Lipinski definition) is 1. The molecule has 17 heavy (non-hydrogen) atoms. The molecule has 1 amide bonds. The average molecular weight is 234 g/mol. The van der Waals surface area contributed by atoms with Gasteiger partial charge in [-0.2, -0.15) is 0 Å². The predicted molar refractivity (Wildman–Crippen MR) is 67.8 cm³/mol. The zero-order valence-corrected chi connectivity index (χ0v) is 10.1. The van der Waals surface area contributed by atoms with Crippen molar-refractivity contribution in [2.24, 2.45) is 5.92 Å². The Balaban J connectivity index is 1.82. The normalized spacial score (nSPS) is 14.6. The van der Waals surface area contributed by atoms with Gasteiger partial charge in [0, 0.05) is 18.4 Å². The van der Waals surface area contributed by atoms with Crippen LogP contribution in [0.4, 0.5) is 11.4 Å². The molecule has 1 saturated carbocycles. The van der Waals surface area contributed by atoms with Gasteiger partial charge < -0.3 is 15.4 Å². The second-order valence-corrected chi connectivity index (χ2v) is 4.50. The highest BCUT2D eigenvalue weighted by Gasteiger charge is 2.22. The van der Waals surface area contributed by atoms with Crippen LogP contribution in [0.2, 0.25) is 0 Å². The van der Waals surface area contributed by atoms with Crippen LogP contribution in [-0.4, -0.2) is 26.2 Å². The van der Waals surface area contributed by atoms with Gasteiger partial charge in [-0.1, -0.05) is 0 Å². The molecule has 0 atom stereocenters. The summed E-state index contributed by atoms with van der Waals surface area (Å²) < 4.78 is 5.37. The number of nitrogens with zero attached hydrogens (tertiary/aromatic N) is 1. The third-order valence-electron chi connectivity index (χ3n) is 2.93. The Kier molecular flexibility index (Phi) is 3.64. The van der Waals surface area contributed by atoms with Crippen molar-refractivity contribution >= 4 is 17.3 Å². The molecular formula is C13H18N2O2. The summed E-state index contributed by atoms with van der Waals surface area (Å²) in [6, 6.07) is 7.22. The van der Waals surface area contributed by atoms with Crippen LogP contribution >= 0.6 is 0 Å². The van der Waals surface area contributed by atoms with Crippen LogP contribution in [-0.2, 0) is 9.53 Å². The average Bonchev–Trinajstić information content (AvgIpc) is 3.13. The lowest BCUT2D eigenvalue weighted by Gasteiger charge is -2.17. The van der Waals surface area contributed by atoms with Crippen molar-refractivity contribution in [3.8, 4) is 0 Å². The highest BCUT2D eigenvalue weighted by Crippen LogP contribution is 2.28. The molecule has 0 heterocycles. The number of nitrogens with two attached hydrogens (primary N) is 1. The van der Waals surface area contributed by atoms with Gasteiger partial charge in [-0.3, -0.25) is 4.79 Å². The summed E-state index contributed by atoms with van der Waals surface area (Å²) in [6.07, 6.45) is 2.48. The molecule has 1 aliphatic carbocycles. The van der Waals surface area contributed by atoms with Crippen LogP contribution in [0.5, 0.6) is 0 Å². The molecule has 0 spiro atoms. The van der Waals surface area contributed by atoms with E-state index in [1.54, 1.807) is 24.1 Å². The van der Waals surface area contributed by atoms with Crippen LogP contribution in [0.1, 0.15) is 12.8 Å². The number of likely N-dealkylation sites (N-methyl/N-ethyl adjacent to an activating group) is 1. The quantitative estimate of drug-likeness (QED) is 0.788. The molecule has 0 radical (unpaired) electrons. The van der Waals surface area contributed by atoms with Gasteiger partial charge in [0.15, 0.2) is 0 Å². The Morgan fingerprint density at radius 1 is 1.41 bits per heavy atom. The summed E-state index contributed by atoms with van der Waals surface area (Å²) in [7, 11) is 1.74. The Morgan fingerprint density at radius 3 is 2.65 bits per heavy atom. The van der Waals surface area contributed by atoms with Crippen molar-refractivity contribution in [1.82, 2.24) is 0 Å². The third kappa shape index (κ3) is 3.46. The monoisotopic (exact) mass is 234 g/mol. The van der Waals surface area contributed by atoms with Gasteiger partial charge in [-0.25, -0.2) is 0 Å². The van der Waals surface area contributed by atoms with E-state index in [0.717, 1.165) is 5.69 Å². The minimum atomic E-state index is -0.0320. The lowest BCUT2D eigenvalue weighted by atomic mass is 10.2. The minimum Gasteiger partial charge on any atom is -0.399 e. The summed E-state index contributed by atoms with van der Waals surface area (Å²) >= 11 is 0. The Labute approximate surface area is 101 Å². The highest BCUT2D eigenvalue weighted by molar-refractivity contribution is 5.93. The summed E-state index contributed by atoms with van der Waals surface area (Å²) in [5.74, 6) is 0.653. The number of amides is 1. The molecule has 1 aromatic rings. The molecule has 0 aromatic heterocycles. The predicted octanol–water partition coefficient (Wildman–Crippen LogP) is 1.66. The van der Waals surface area contributed by atoms with Crippen molar-refractivity contribution in [3.05, 3.63) is 24.3 Å². The lowest BCUT2D eigenvalue weighted by molar-refractivity contribution is -0.122. The molecule has 1 aliphatic rings. The molecule has 2 N–H and O–H groups in total. The zero-order valence-electron chi connectivity index (χ0n) is 10.1. The van der Waals surface area contributed by atoms with Crippen molar-refractivity contribution in [3.63, 3.8) is 0 Å². The van der Waals surface area contributed by atoms with Crippen LogP contribution in [0, 0.1) is 5.92 Å². The number of rotatable bonds is 5. The van der Waals surface area contributed by atoms with E-state index in [4.69, 9.17) is 10.5 Å². The maximum Gasteiger partial charge on any atom is 0.252 e. The first-order chi connectivity index (χ1) is 8.16. The second-order valence-electron chi connectivity index (χ2n) is 4.50. The minimum absolute atomic E-state index is 0.0320. The number of nitrogen functional groups attached to an aromatic ring is 1. The first-order valence-electron chi connectivity index (χ1n) is 5.86. The lowest BCUT2D eigenvalue weighted by Crippen LogP contribution is -2.30. The van der Waals surface area contributed by atoms with E-state index in [1.165, 1.54) is 12.8 Å². The van der Waals surface area contributed by atoms with E-state index >= 15 is 0 Å². The van der Waals surface area contributed by atoms with E-state index in [9.17, 15) is 4.79 Å². The van der Waals surface area contributed by atoms with E-state index < -0.39 is 0 Å². The Hall–Kier alpha value is -1.55. The SMILES string of the molecule is CN(C(=O)COCC1CC1)c1ccc(N)cc1. The van der Waals surface area contributed by atoms with Gasteiger partial charge in [0.2, 0.25) is 0 Å². The largest absolute Gasteiger partial charge is 0.399 e. The molecule has 0 aliphatic heterocycles. The number of ether oxygens (including phenoxy) is 1. The van der Waals surface area contributed by atoms with E-state index in [-0.39, 0.29) is 12.5 Å². The van der Waals surface area contributed by atoms with Gasteiger partial charge in [0.05, 0.1) is 6.61 Å². The molecule has 4 heteroatoms. The molecular weight excluding hydrogens is 216 g/mol. The van der Waals surface area contributed by atoms with Crippen LogP contribution in [0.25, 0.3) is 0 Å². The highest BCUT2D eigenvalue weighted by atomic mass is 16.5. The molecule has 1 fully saturated rings. The van der Waals surface area contributed by atoms with Crippen LogP contribution < -0.4 is 10.6 Å². The summed E-state index contributed by atoms with van der Waals surface area (Å²) in [4.78, 5) is 13.4. The number of carbonyl (C=O) groups is 1. The number of anilines is 2. The van der Waals surface area contributed by atoms with E-state index in [1.807, 2.05) is 12.1 Å². The van der Waals surface area contributed by atoms with Crippen LogP contribution in [0.15, 0.2) is 24.3 Å². The third-order valence-corrected chi connectivity index (χ3v) is 2.93. The maximum absolute atomic E-state index is 11.8. The Bertz CT molecular complexity index is 385. The van der Waals surface area contributed by atoms with Gasteiger partial charge in [-0.05, 0) is 43.0 Å². The summed E-state index contributed by atoms with van der Waals surface area (Å²) in [5, 5.41) is 0. The second kappa shape index (κ2) is 5.19. The first-order valence-corrected chi connectivity index (χ1v) is 5.86. The van der Waals surface area contributed by atoms with Gasteiger partial charge in [0.25, 0.3) is 5.91 Å². The number of benzene rings is 1. The van der Waals surface area contributed by atoms with Gasteiger partial charge in [0.1, 0.15) is 6.61 Å². The molecule has 0 unspecified atom stereocenters. The smallest absolute Gasteiger partial charge is 0.252 e. The molecule has 0 saturated heterocycles. The fourth-order valence-corrected chi connectivity index (χ4v) is 1.54. The molecule has 0 bridgehead atoms. The van der Waals surface area contributed by atoms with Crippen LogP contribution in [0.3, 0.4) is 0 Å². The standard InChI is InChI=1S/C13H18N2O2/c1-15(12-6-4-11(14)5-7-12)13(16)9-17-8-10-2-3-10/h4-7,10H,2-3,8-9,14H2,1H3. The zero-order chi connectivity index (χ0) is 12.3. The van der Waals surface area contributed by atoms with Crippen molar-refractivity contribution in [2.75, 3.05) is 30.9 Å². The van der Waals surface area contributed by atoms with Gasteiger partial charge in [-0.15, -0.1) is 0 Å². The molecule has 2 rings (SSSR count). The molecule has 4 nitrogen and oxygen atoms in total. The van der Waals surface area contributed by atoms with Gasteiger partial charge >= 0.3 is 0 Å². The number of carbonyl (C=O) groups excluding carboxylic acids is 1. The fourth-order valence-electron chi connectivity index (χ4n) is 1.54. The fraction of sp³-hybridized carbons (Fsp3) is 0.462. The van der Waals surface area contributed by atoms with E-state index in [0.29, 0.717) is 18.2 Å². The maximum atomic E-state index is 11.8. The van der Waals surface area contributed by atoms with E-state index in [2.05, 4.69) is 0 Å². The summed E-state index contributed by atoms with van der Waals surface area (Å²) in [6.45, 7) is 0.860. The molecule has 92 valence electrons. The topological polar surface area (TPSA) is 55.6 Å². The summed E-state index contributed by atoms with van der Waals surface area (Å²) in [5.41, 5.74) is 7.12. The number of hydrogen-bond acceptors (Lipinski definition) is 3.